The molecule has 3 N–H and O–H groups in total. The second-order valence-corrected chi connectivity index (χ2v) is 5.81. The summed E-state index contributed by atoms with van der Waals surface area (Å²) >= 11 is 0. The number of hydrogen-bond acceptors (Lipinski definition) is 3. The molecule has 0 amide bonds. The van der Waals surface area contributed by atoms with E-state index >= 15 is 0 Å². The Kier molecular flexibility index (Phi) is 2.79. The number of hydrogen-bond donors (Lipinski definition) is 2. The second-order valence-electron chi connectivity index (χ2n) is 4.10. The maximum absolute atomic E-state index is 11.6. The molecule has 14 heavy (non-hydrogen) atoms. The average Bonchev–Trinajstić information content (AvgIpc) is 2.91. The van der Waals surface area contributed by atoms with E-state index in [9.17, 15) is 8.42 Å². The van der Waals surface area contributed by atoms with E-state index in [2.05, 4.69) is 4.72 Å². The lowest BCUT2D eigenvalue weighted by atomic mass is 10.1. The summed E-state index contributed by atoms with van der Waals surface area (Å²) in [7, 11) is -3.17. The first-order chi connectivity index (χ1) is 6.63. The summed E-state index contributed by atoms with van der Waals surface area (Å²) < 4.78 is 27.4. The highest BCUT2D eigenvalue weighted by Gasteiger charge is 2.40. The van der Waals surface area contributed by atoms with E-state index in [4.69, 9.17) is 5.73 Å². The largest absolute Gasteiger partial charge is 0.330 e. The SMILES string of the molecule is NCCC1CNS(=O)(=O)N(C2CC2)C1. The predicted molar refractivity (Wildman–Crippen MR) is 53.8 cm³/mol. The first-order valence-electron chi connectivity index (χ1n) is 5.10. The van der Waals surface area contributed by atoms with Crippen LogP contribution in [0.4, 0.5) is 0 Å². The predicted octanol–water partition coefficient (Wildman–Crippen LogP) is -0.736. The molecule has 2 rings (SSSR count). The Labute approximate surface area is 84.8 Å². The molecule has 2 fully saturated rings. The maximum Gasteiger partial charge on any atom is 0.279 e. The van der Waals surface area contributed by atoms with Gasteiger partial charge in [-0.2, -0.15) is 12.7 Å². The van der Waals surface area contributed by atoms with Crippen molar-refractivity contribution < 1.29 is 8.42 Å². The van der Waals surface area contributed by atoms with Crippen LogP contribution in [0.25, 0.3) is 0 Å². The summed E-state index contributed by atoms with van der Waals surface area (Å²) in [5.74, 6) is 0.379. The summed E-state index contributed by atoms with van der Waals surface area (Å²) in [4.78, 5) is 0. The molecule has 1 atom stereocenters. The van der Waals surface area contributed by atoms with Gasteiger partial charge in [0.2, 0.25) is 0 Å². The normalized spacial score (nSPS) is 33.1. The molecule has 1 saturated carbocycles. The third-order valence-electron chi connectivity index (χ3n) is 2.83. The zero-order valence-electron chi connectivity index (χ0n) is 8.15. The van der Waals surface area contributed by atoms with E-state index in [1.165, 1.54) is 0 Å². The molecule has 0 aromatic rings. The second kappa shape index (κ2) is 3.77. The lowest BCUT2D eigenvalue weighted by Gasteiger charge is -2.32. The van der Waals surface area contributed by atoms with Gasteiger partial charge in [0, 0.05) is 19.1 Å². The van der Waals surface area contributed by atoms with Crippen molar-refractivity contribution in [1.29, 1.82) is 0 Å². The van der Waals surface area contributed by atoms with E-state index in [0.717, 1.165) is 19.3 Å². The van der Waals surface area contributed by atoms with Gasteiger partial charge in [-0.05, 0) is 31.7 Å². The molecule has 0 bridgehead atoms. The van der Waals surface area contributed by atoms with Crippen molar-refractivity contribution in [2.45, 2.75) is 25.3 Å². The van der Waals surface area contributed by atoms with Crippen molar-refractivity contribution in [3.05, 3.63) is 0 Å². The molecule has 1 saturated heterocycles. The molecule has 0 spiro atoms. The van der Waals surface area contributed by atoms with Crippen LogP contribution in [0.5, 0.6) is 0 Å². The van der Waals surface area contributed by atoms with Gasteiger partial charge < -0.3 is 5.73 Å². The number of rotatable bonds is 3. The monoisotopic (exact) mass is 219 g/mol. The molecule has 1 aliphatic heterocycles. The third kappa shape index (κ3) is 2.08. The molecular formula is C8H17N3O2S. The number of nitrogens with two attached hydrogens (primary N) is 1. The van der Waals surface area contributed by atoms with Gasteiger partial charge in [0.05, 0.1) is 0 Å². The molecule has 6 heteroatoms. The van der Waals surface area contributed by atoms with Gasteiger partial charge in [0.15, 0.2) is 0 Å². The average molecular weight is 219 g/mol. The fourth-order valence-electron chi connectivity index (χ4n) is 1.86. The summed E-state index contributed by atoms with van der Waals surface area (Å²) in [5.41, 5.74) is 5.47. The van der Waals surface area contributed by atoms with E-state index in [-0.39, 0.29) is 6.04 Å². The van der Waals surface area contributed by atoms with E-state index < -0.39 is 10.2 Å². The Balaban J connectivity index is 2.02. The van der Waals surface area contributed by atoms with Crippen LogP contribution in [-0.2, 0) is 10.2 Å². The molecule has 1 unspecified atom stereocenters. The first kappa shape index (κ1) is 10.4. The molecule has 1 aliphatic carbocycles. The van der Waals surface area contributed by atoms with Crippen molar-refractivity contribution in [2.75, 3.05) is 19.6 Å². The Morgan fingerprint density at radius 3 is 2.71 bits per heavy atom. The summed E-state index contributed by atoms with van der Waals surface area (Å²) in [6, 6.07) is 0.257. The smallest absolute Gasteiger partial charge is 0.279 e. The summed E-state index contributed by atoms with van der Waals surface area (Å²) in [6.07, 6.45) is 2.91. The van der Waals surface area contributed by atoms with Crippen LogP contribution in [0.1, 0.15) is 19.3 Å². The van der Waals surface area contributed by atoms with Gasteiger partial charge in [0.25, 0.3) is 10.2 Å². The highest BCUT2D eigenvalue weighted by Crippen LogP contribution is 2.31. The van der Waals surface area contributed by atoms with E-state index in [0.29, 0.717) is 25.6 Å². The van der Waals surface area contributed by atoms with Crippen LogP contribution in [0.15, 0.2) is 0 Å². The molecule has 0 aromatic carbocycles. The van der Waals surface area contributed by atoms with Crippen molar-refractivity contribution >= 4 is 10.2 Å². The Morgan fingerprint density at radius 1 is 1.43 bits per heavy atom. The zero-order chi connectivity index (χ0) is 10.2. The first-order valence-corrected chi connectivity index (χ1v) is 6.54. The minimum Gasteiger partial charge on any atom is -0.330 e. The quantitative estimate of drug-likeness (QED) is 0.656. The summed E-state index contributed by atoms with van der Waals surface area (Å²) in [5, 5.41) is 0. The van der Waals surface area contributed by atoms with Crippen LogP contribution in [0.3, 0.4) is 0 Å². The molecule has 5 nitrogen and oxygen atoms in total. The number of nitrogens with one attached hydrogen (secondary N) is 1. The molecule has 0 aromatic heterocycles. The van der Waals surface area contributed by atoms with Gasteiger partial charge in [-0.3, -0.25) is 0 Å². The standard InChI is InChI=1S/C8H17N3O2S/c9-4-3-7-5-10-14(12,13)11(6-7)8-1-2-8/h7-8,10H,1-6,9H2. The van der Waals surface area contributed by atoms with Crippen molar-refractivity contribution in [3.63, 3.8) is 0 Å². The van der Waals surface area contributed by atoms with Crippen LogP contribution in [0, 0.1) is 5.92 Å². The number of nitrogens with zero attached hydrogens (tertiary/aromatic N) is 1. The van der Waals surface area contributed by atoms with Crippen LogP contribution in [0.2, 0.25) is 0 Å². The Bertz CT molecular complexity index is 300. The van der Waals surface area contributed by atoms with Gasteiger partial charge in [-0.1, -0.05) is 0 Å². The van der Waals surface area contributed by atoms with Crippen LogP contribution < -0.4 is 10.5 Å². The maximum atomic E-state index is 11.6. The summed E-state index contributed by atoms with van der Waals surface area (Å²) in [6.45, 7) is 1.82. The molecule has 0 radical (unpaired) electrons. The Hall–Kier alpha value is -0.170. The lowest BCUT2D eigenvalue weighted by molar-refractivity contribution is 0.293. The molecule has 2 aliphatic rings. The van der Waals surface area contributed by atoms with Gasteiger partial charge in [-0.25, -0.2) is 4.72 Å². The third-order valence-corrected chi connectivity index (χ3v) is 4.43. The van der Waals surface area contributed by atoms with Crippen LogP contribution >= 0.6 is 0 Å². The fourth-order valence-corrected chi connectivity index (χ4v) is 3.48. The van der Waals surface area contributed by atoms with E-state index in [1.807, 2.05) is 0 Å². The minimum atomic E-state index is -3.17. The van der Waals surface area contributed by atoms with Gasteiger partial charge >= 0.3 is 0 Å². The zero-order valence-corrected chi connectivity index (χ0v) is 8.96. The highest BCUT2D eigenvalue weighted by atomic mass is 32.2. The van der Waals surface area contributed by atoms with E-state index in [1.54, 1.807) is 4.31 Å². The minimum absolute atomic E-state index is 0.257. The van der Waals surface area contributed by atoms with Crippen LogP contribution in [-0.4, -0.2) is 38.4 Å². The van der Waals surface area contributed by atoms with Crippen molar-refractivity contribution in [2.24, 2.45) is 11.7 Å². The Morgan fingerprint density at radius 2 is 2.14 bits per heavy atom. The van der Waals surface area contributed by atoms with Crippen molar-refractivity contribution in [3.8, 4) is 0 Å². The molecule has 82 valence electrons. The van der Waals surface area contributed by atoms with Gasteiger partial charge in [0.1, 0.15) is 0 Å². The highest BCUT2D eigenvalue weighted by molar-refractivity contribution is 7.87. The van der Waals surface area contributed by atoms with Crippen molar-refractivity contribution in [1.82, 2.24) is 9.03 Å². The lowest BCUT2D eigenvalue weighted by Crippen LogP contribution is -2.52. The fraction of sp³-hybridized carbons (Fsp3) is 1.00. The molecular weight excluding hydrogens is 202 g/mol. The topological polar surface area (TPSA) is 75.4 Å². The molecule has 1 heterocycles. The van der Waals surface area contributed by atoms with Gasteiger partial charge in [-0.15, -0.1) is 0 Å².